The third-order valence-corrected chi connectivity index (χ3v) is 5.07. The highest BCUT2D eigenvalue weighted by molar-refractivity contribution is 6.33. The van der Waals surface area contributed by atoms with Gasteiger partial charge in [0.1, 0.15) is 5.75 Å². The van der Waals surface area contributed by atoms with Crippen LogP contribution in [0.15, 0.2) is 36.4 Å². The molecule has 0 amide bonds. The molecule has 0 radical (unpaired) electrons. The highest BCUT2D eigenvalue weighted by atomic mass is 35.5. The summed E-state index contributed by atoms with van der Waals surface area (Å²) in [5, 5.41) is 9.47. The van der Waals surface area contributed by atoms with Crippen LogP contribution in [-0.2, 0) is 0 Å². The second kappa shape index (κ2) is 7.92. The van der Waals surface area contributed by atoms with Crippen LogP contribution in [-0.4, -0.2) is 32.4 Å². The Bertz CT molecular complexity index is 1240. The van der Waals surface area contributed by atoms with Gasteiger partial charge in [-0.3, -0.25) is 4.40 Å². The summed E-state index contributed by atoms with van der Waals surface area (Å²) in [5.41, 5.74) is 3.18. The minimum atomic E-state index is -4.20. The summed E-state index contributed by atoms with van der Waals surface area (Å²) in [6.07, 6.45) is -5.24. The zero-order valence-electron chi connectivity index (χ0n) is 15.7. The molecule has 0 aliphatic carbocycles. The molecule has 4 rings (SSSR count). The zero-order valence-corrected chi connectivity index (χ0v) is 17.2. The number of benzene rings is 2. The Morgan fingerprint density at radius 1 is 1.07 bits per heavy atom. The van der Waals surface area contributed by atoms with E-state index in [1.54, 1.807) is 30.3 Å². The maximum atomic E-state index is 12.3. The van der Waals surface area contributed by atoms with Crippen LogP contribution in [0, 0.1) is 6.92 Å². The number of ether oxygens (including phenoxy) is 1. The number of halogens is 5. The maximum absolute atomic E-state index is 12.3. The molecule has 4 aromatic rings. The first kappa shape index (κ1) is 20.7. The number of nitrogens with zero attached hydrogens (tertiary/aromatic N) is 4. The van der Waals surface area contributed by atoms with Crippen LogP contribution >= 0.6 is 23.2 Å². The highest BCUT2D eigenvalue weighted by Crippen LogP contribution is 2.33. The smallest absolute Gasteiger partial charge is 0.389 e. The molecule has 0 atom stereocenters. The largest absolute Gasteiger partial charge is 0.494 e. The number of aryl methyl sites for hydroxylation is 1. The van der Waals surface area contributed by atoms with E-state index in [1.165, 1.54) is 0 Å². The molecule has 30 heavy (non-hydrogen) atoms. The van der Waals surface area contributed by atoms with Crippen LogP contribution in [0.2, 0.25) is 10.0 Å². The standard InChI is InChI=1S/C20H15Cl2F3N4O/c1-11-18-27-28-19(29(18)17-6-3-12(21)9-16(17)26-11)14-10-13(4-5-15(14)22)30-8-2-7-20(23,24)25/h3-6,9-10H,2,7-8H2,1H3. The molecule has 0 unspecified atom stereocenters. The molecular weight excluding hydrogens is 440 g/mol. The van der Waals surface area contributed by atoms with E-state index < -0.39 is 12.6 Å². The van der Waals surface area contributed by atoms with Crippen molar-refractivity contribution in [2.45, 2.75) is 25.9 Å². The van der Waals surface area contributed by atoms with E-state index >= 15 is 0 Å². The van der Waals surface area contributed by atoms with Gasteiger partial charge in [0.15, 0.2) is 11.5 Å². The molecule has 0 aliphatic heterocycles. The van der Waals surface area contributed by atoms with E-state index in [9.17, 15) is 13.2 Å². The Hall–Kier alpha value is -2.58. The van der Waals surface area contributed by atoms with Crippen molar-refractivity contribution in [3.05, 3.63) is 52.1 Å². The summed E-state index contributed by atoms with van der Waals surface area (Å²) in [7, 11) is 0. The van der Waals surface area contributed by atoms with Crippen LogP contribution in [0.1, 0.15) is 18.5 Å². The van der Waals surface area contributed by atoms with Crippen LogP contribution in [0.3, 0.4) is 0 Å². The van der Waals surface area contributed by atoms with Crippen molar-refractivity contribution in [3.63, 3.8) is 0 Å². The molecule has 5 nitrogen and oxygen atoms in total. The van der Waals surface area contributed by atoms with Crippen molar-refractivity contribution in [1.29, 1.82) is 0 Å². The first-order valence-corrected chi connectivity index (χ1v) is 9.79. The SMILES string of the molecule is Cc1nc2cc(Cl)ccc2n2c(-c3cc(OCCCC(F)(F)F)ccc3Cl)nnc12. The summed E-state index contributed by atoms with van der Waals surface area (Å²) in [6.45, 7) is 1.75. The lowest BCUT2D eigenvalue weighted by atomic mass is 10.2. The van der Waals surface area contributed by atoms with Crippen LogP contribution in [0.25, 0.3) is 28.1 Å². The molecule has 0 fully saturated rings. The van der Waals surface area contributed by atoms with Crippen molar-refractivity contribution in [2.75, 3.05) is 6.61 Å². The van der Waals surface area contributed by atoms with Gasteiger partial charge in [-0.1, -0.05) is 23.2 Å². The lowest BCUT2D eigenvalue weighted by Crippen LogP contribution is -2.09. The van der Waals surface area contributed by atoms with Crippen molar-refractivity contribution in [2.24, 2.45) is 0 Å². The average Bonchev–Trinajstić information content (AvgIpc) is 3.11. The average molecular weight is 455 g/mol. The van der Waals surface area contributed by atoms with Crippen LogP contribution in [0.4, 0.5) is 13.2 Å². The number of hydrogen-bond donors (Lipinski definition) is 0. The Labute approximate surface area is 179 Å². The lowest BCUT2D eigenvalue weighted by molar-refractivity contribution is -0.136. The number of rotatable bonds is 5. The Morgan fingerprint density at radius 2 is 1.87 bits per heavy atom. The Kier molecular flexibility index (Phi) is 5.46. The molecule has 0 aliphatic rings. The maximum Gasteiger partial charge on any atom is 0.389 e. The third-order valence-electron chi connectivity index (χ3n) is 4.51. The van der Waals surface area contributed by atoms with Gasteiger partial charge in [-0.2, -0.15) is 13.2 Å². The number of alkyl halides is 3. The molecule has 0 saturated carbocycles. The molecule has 0 bridgehead atoms. The van der Waals surface area contributed by atoms with Gasteiger partial charge in [-0.25, -0.2) is 4.98 Å². The van der Waals surface area contributed by atoms with Crippen molar-refractivity contribution >= 4 is 39.9 Å². The van der Waals surface area contributed by atoms with Gasteiger partial charge >= 0.3 is 6.18 Å². The van der Waals surface area contributed by atoms with Crippen LogP contribution < -0.4 is 4.74 Å². The monoisotopic (exact) mass is 454 g/mol. The summed E-state index contributed by atoms with van der Waals surface area (Å²) < 4.78 is 44.3. The Balaban J connectivity index is 1.74. The van der Waals surface area contributed by atoms with Crippen molar-refractivity contribution < 1.29 is 17.9 Å². The third kappa shape index (κ3) is 4.15. The second-order valence-electron chi connectivity index (χ2n) is 6.72. The van der Waals surface area contributed by atoms with E-state index in [0.29, 0.717) is 44.0 Å². The van der Waals surface area contributed by atoms with E-state index in [2.05, 4.69) is 15.2 Å². The van der Waals surface area contributed by atoms with Gasteiger partial charge in [-0.15, -0.1) is 10.2 Å². The zero-order chi connectivity index (χ0) is 21.5. The van der Waals surface area contributed by atoms with Gasteiger partial charge in [0.25, 0.3) is 0 Å². The van der Waals surface area contributed by atoms with E-state index in [4.69, 9.17) is 27.9 Å². The van der Waals surface area contributed by atoms with Gasteiger partial charge < -0.3 is 4.74 Å². The quantitative estimate of drug-likeness (QED) is 0.333. The van der Waals surface area contributed by atoms with E-state index in [1.807, 2.05) is 17.4 Å². The fourth-order valence-corrected chi connectivity index (χ4v) is 3.52. The van der Waals surface area contributed by atoms with Crippen molar-refractivity contribution in [3.8, 4) is 17.1 Å². The van der Waals surface area contributed by atoms with Gasteiger partial charge in [0, 0.05) is 17.0 Å². The minimum Gasteiger partial charge on any atom is -0.494 e. The number of hydrogen-bond acceptors (Lipinski definition) is 4. The fraction of sp³-hybridized carbons (Fsp3) is 0.250. The summed E-state index contributed by atoms with van der Waals surface area (Å²) in [6, 6.07) is 10.2. The fourth-order valence-electron chi connectivity index (χ4n) is 3.16. The molecule has 10 heteroatoms. The summed E-state index contributed by atoms with van der Waals surface area (Å²) in [5.74, 6) is 0.861. The van der Waals surface area contributed by atoms with Crippen molar-refractivity contribution in [1.82, 2.24) is 19.6 Å². The predicted octanol–water partition coefficient (Wildman–Crippen LogP) is 6.28. The first-order valence-electron chi connectivity index (χ1n) is 9.03. The Morgan fingerprint density at radius 3 is 2.63 bits per heavy atom. The molecule has 2 aromatic carbocycles. The molecule has 156 valence electrons. The lowest BCUT2D eigenvalue weighted by Gasteiger charge is -2.11. The van der Waals surface area contributed by atoms with Crippen LogP contribution in [0.5, 0.6) is 5.75 Å². The molecule has 0 spiro atoms. The van der Waals surface area contributed by atoms with E-state index in [0.717, 1.165) is 5.52 Å². The van der Waals surface area contributed by atoms with Gasteiger partial charge in [0.2, 0.25) is 0 Å². The first-order chi connectivity index (χ1) is 14.2. The highest BCUT2D eigenvalue weighted by Gasteiger charge is 2.26. The second-order valence-corrected chi connectivity index (χ2v) is 7.57. The summed E-state index contributed by atoms with van der Waals surface area (Å²) >= 11 is 12.5. The molecule has 0 N–H and O–H groups in total. The number of aromatic nitrogens is 4. The minimum absolute atomic E-state index is 0.0639. The number of fused-ring (bicyclic) bond motifs is 3. The van der Waals surface area contributed by atoms with Gasteiger partial charge in [0.05, 0.1) is 28.4 Å². The topological polar surface area (TPSA) is 52.3 Å². The van der Waals surface area contributed by atoms with E-state index in [-0.39, 0.29) is 13.0 Å². The normalized spacial score (nSPS) is 12.1. The summed E-state index contributed by atoms with van der Waals surface area (Å²) in [4.78, 5) is 4.52. The molecule has 0 saturated heterocycles. The molecule has 2 aromatic heterocycles. The molecular formula is C20H15Cl2F3N4O. The van der Waals surface area contributed by atoms with Gasteiger partial charge in [-0.05, 0) is 49.7 Å². The predicted molar refractivity (Wildman–Crippen MR) is 109 cm³/mol. The molecule has 2 heterocycles.